The molecule has 20 heavy (non-hydrogen) atoms. The molecular weight excluding hydrogens is 246 g/mol. The van der Waals surface area contributed by atoms with E-state index in [0.717, 1.165) is 19.7 Å². The fraction of sp³-hybridized carbons (Fsp3) is 0.333. The van der Waals surface area contributed by atoms with Crippen LogP contribution in [0.4, 0.5) is 0 Å². The predicted molar refractivity (Wildman–Crippen MR) is 81.8 cm³/mol. The standard InChI is InChI=1S/C18H21NO/c1-14-8-9-16-13-19(2)10-11-20-18(17(16)12-14)15-6-4-3-5-7-15/h3-9,12,18H,10-11,13H2,1-2H3. The molecule has 2 heteroatoms. The Labute approximate surface area is 121 Å². The minimum atomic E-state index is 0.0554. The fourth-order valence-corrected chi connectivity index (χ4v) is 2.79. The first-order valence-corrected chi connectivity index (χ1v) is 7.18. The number of likely N-dealkylation sites (N-methyl/N-ethyl adjacent to an activating group) is 1. The second kappa shape index (κ2) is 5.78. The fourth-order valence-electron chi connectivity index (χ4n) is 2.79. The molecule has 1 aliphatic rings. The third-order valence-corrected chi connectivity index (χ3v) is 3.88. The van der Waals surface area contributed by atoms with Gasteiger partial charge in [0.15, 0.2) is 0 Å². The lowest BCUT2D eigenvalue weighted by atomic mass is 9.94. The summed E-state index contributed by atoms with van der Waals surface area (Å²) in [5.74, 6) is 0. The van der Waals surface area contributed by atoms with Crippen LogP contribution in [0.3, 0.4) is 0 Å². The van der Waals surface area contributed by atoms with Crippen molar-refractivity contribution in [2.24, 2.45) is 0 Å². The molecule has 0 saturated carbocycles. The lowest BCUT2D eigenvalue weighted by Gasteiger charge is -2.28. The van der Waals surface area contributed by atoms with E-state index in [1.54, 1.807) is 0 Å². The maximum absolute atomic E-state index is 6.18. The predicted octanol–water partition coefficient (Wildman–Crippen LogP) is 3.55. The highest BCUT2D eigenvalue weighted by atomic mass is 16.5. The summed E-state index contributed by atoms with van der Waals surface area (Å²) in [5, 5.41) is 0. The van der Waals surface area contributed by atoms with Crippen LogP contribution in [-0.4, -0.2) is 25.1 Å². The van der Waals surface area contributed by atoms with Gasteiger partial charge in [0.25, 0.3) is 0 Å². The van der Waals surface area contributed by atoms with Crippen LogP contribution in [0.2, 0.25) is 0 Å². The van der Waals surface area contributed by atoms with Gasteiger partial charge in [0, 0.05) is 13.1 Å². The van der Waals surface area contributed by atoms with Crippen molar-refractivity contribution in [1.29, 1.82) is 0 Å². The van der Waals surface area contributed by atoms with Crippen LogP contribution in [0.25, 0.3) is 0 Å². The number of hydrogen-bond donors (Lipinski definition) is 0. The van der Waals surface area contributed by atoms with E-state index in [1.165, 1.54) is 22.3 Å². The minimum absolute atomic E-state index is 0.0554. The monoisotopic (exact) mass is 267 g/mol. The number of benzene rings is 2. The average Bonchev–Trinajstić information content (AvgIpc) is 2.45. The van der Waals surface area contributed by atoms with Gasteiger partial charge in [-0.15, -0.1) is 0 Å². The van der Waals surface area contributed by atoms with E-state index in [2.05, 4.69) is 67.4 Å². The Hall–Kier alpha value is -1.64. The van der Waals surface area contributed by atoms with Gasteiger partial charge in [-0.2, -0.15) is 0 Å². The van der Waals surface area contributed by atoms with Crippen molar-refractivity contribution in [2.45, 2.75) is 19.6 Å². The molecule has 0 amide bonds. The Morgan fingerprint density at radius 3 is 2.70 bits per heavy atom. The van der Waals surface area contributed by atoms with E-state index < -0.39 is 0 Å². The molecule has 0 saturated heterocycles. The van der Waals surface area contributed by atoms with Crippen LogP contribution < -0.4 is 0 Å². The minimum Gasteiger partial charge on any atom is -0.367 e. The van der Waals surface area contributed by atoms with Crippen LogP contribution in [0.15, 0.2) is 48.5 Å². The Morgan fingerprint density at radius 2 is 1.90 bits per heavy atom. The largest absolute Gasteiger partial charge is 0.367 e. The summed E-state index contributed by atoms with van der Waals surface area (Å²) in [6.45, 7) is 4.87. The van der Waals surface area contributed by atoms with Crippen LogP contribution in [0.5, 0.6) is 0 Å². The first-order valence-electron chi connectivity index (χ1n) is 7.18. The molecule has 0 radical (unpaired) electrons. The lowest BCUT2D eigenvalue weighted by Crippen LogP contribution is -2.27. The van der Waals surface area contributed by atoms with E-state index in [0.29, 0.717) is 0 Å². The van der Waals surface area contributed by atoms with Gasteiger partial charge in [0.2, 0.25) is 0 Å². The normalized spacial score (nSPS) is 20.0. The Kier molecular flexibility index (Phi) is 3.86. The number of fused-ring (bicyclic) bond motifs is 1. The van der Waals surface area contributed by atoms with Crippen LogP contribution in [0, 0.1) is 6.92 Å². The molecule has 0 fully saturated rings. The Balaban J connectivity index is 2.07. The highest BCUT2D eigenvalue weighted by molar-refractivity contribution is 5.39. The molecule has 1 atom stereocenters. The number of hydrogen-bond acceptors (Lipinski definition) is 2. The van der Waals surface area contributed by atoms with Gasteiger partial charge in [-0.25, -0.2) is 0 Å². The second-order valence-corrected chi connectivity index (χ2v) is 5.60. The molecule has 104 valence electrons. The number of aryl methyl sites for hydroxylation is 1. The molecule has 0 aromatic heterocycles. The molecule has 1 aliphatic heterocycles. The topological polar surface area (TPSA) is 12.5 Å². The van der Waals surface area contributed by atoms with E-state index in [1.807, 2.05) is 0 Å². The summed E-state index contributed by atoms with van der Waals surface area (Å²) < 4.78 is 6.18. The Bertz CT molecular complexity index is 579. The molecule has 1 heterocycles. The number of nitrogens with zero attached hydrogens (tertiary/aromatic N) is 1. The maximum Gasteiger partial charge on any atom is 0.108 e. The molecule has 0 bridgehead atoms. The van der Waals surface area contributed by atoms with E-state index in [4.69, 9.17) is 4.74 Å². The van der Waals surface area contributed by atoms with Crippen LogP contribution in [0.1, 0.15) is 28.4 Å². The van der Waals surface area contributed by atoms with Gasteiger partial charge < -0.3 is 4.74 Å². The van der Waals surface area contributed by atoms with E-state index in [-0.39, 0.29) is 6.10 Å². The molecule has 0 aliphatic carbocycles. The van der Waals surface area contributed by atoms with Crippen LogP contribution >= 0.6 is 0 Å². The number of ether oxygens (including phenoxy) is 1. The summed E-state index contributed by atoms with van der Waals surface area (Å²) in [6, 6.07) is 17.2. The average molecular weight is 267 g/mol. The molecular formula is C18H21NO. The second-order valence-electron chi connectivity index (χ2n) is 5.60. The van der Waals surface area contributed by atoms with E-state index in [9.17, 15) is 0 Å². The molecule has 0 N–H and O–H groups in total. The van der Waals surface area contributed by atoms with Crippen molar-refractivity contribution in [1.82, 2.24) is 4.90 Å². The summed E-state index contributed by atoms with van der Waals surface area (Å²) in [5.41, 5.74) is 5.20. The highest BCUT2D eigenvalue weighted by Crippen LogP contribution is 2.31. The third-order valence-electron chi connectivity index (χ3n) is 3.88. The molecule has 0 spiro atoms. The van der Waals surface area contributed by atoms with Crippen molar-refractivity contribution in [3.8, 4) is 0 Å². The van der Waals surface area contributed by atoms with Crippen molar-refractivity contribution in [3.05, 3.63) is 70.8 Å². The molecule has 3 rings (SSSR count). The van der Waals surface area contributed by atoms with Gasteiger partial charge in [-0.1, -0.05) is 54.1 Å². The van der Waals surface area contributed by atoms with Gasteiger partial charge in [0.1, 0.15) is 6.10 Å². The summed E-state index contributed by atoms with van der Waals surface area (Å²) in [6.07, 6.45) is 0.0554. The quantitative estimate of drug-likeness (QED) is 0.783. The van der Waals surface area contributed by atoms with Gasteiger partial charge in [0.05, 0.1) is 6.61 Å². The summed E-state index contributed by atoms with van der Waals surface area (Å²) in [4.78, 5) is 2.31. The SMILES string of the molecule is Cc1ccc2c(c1)C(c1ccccc1)OCCN(C)C2. The van der Waals surface area contributed by atoms with Gasteiger partial charge in [-0.3, -0.25) is 4.90 Å². The van der Waals surface area contributed by atoms with Crippen molar-refractivity contribution >= 4 is 0 Å². The summed E-state index contributed by atoms with van der Waals surface area (Å²) in [7, 11) is 2.15. The zero-order valence-electron chi connectivity index (χ0n) is 12.2. The highest BCUT2D eigenvalue weighted by Gasteiger charge is 2.21. The number of rotatable bonds is 1. The van der Waals surface area contributed by atoms with Crippen LogP contribution in [-0.2, 0) is 11.3 Å². The zero-order valence-corrected chi connectivity index (χ0v) is 12.2. The first kappa shape index (κ1) is 13.3. The molecule has 2 aromatic carbocycles. The maximum atomic E-state index is 6.18. The first-order chi connectivity index (χ1) is 9.74. The van der Waals surface area contributed by atoms with Crippen molar-refractivity contribution < 1.29 is 4.74 Å². The van der Waals surface area contributed by atoms with Gasteiger partial charge >= 0.3 is 0 Å². The van der Waals surface area contributed by atoms with Crippen molar-refractivity contribution in [2.75, 3.05) is 20.2 Å². The molecule has 2 aromatic rings. The summed E-state index contributed by atoms with van der Waals surface area (Å²) >= 11 is 0. The Morgan fingerprint density at radius 1 is 1.10 bits per heavy atom. The third kappa shape index (κ3) is 2.77. The lowest BCUT2D eigenvalue weighted by molar-refractivity contribution is 0.0553. The van der Waals surface area contributed by atoms with Crippen molar-refractivity contribution in [3.63, 3.8) is 0 Å². The smallest absolute Gasteiger partial charge is 0.108 e. The van der Waals surface area contributed by atoms with Gasteiger partial charge in [-0.05, 0) is 30.7 Å². The van der Waals surface area contributed by atoms with E-state index >= 15 is 0 Å². The molecule has 2 nitrogen and oxygen atoms in total. The zero-order chi connectivity index (χ0) is 13.9. The molecule has 1 unspecified atom stereocenters.